The quantitative estimate of drug-likeness (QED) is 0.817. The van der Waals surface area contributed by atoms with Crippen LogP contribution in [0, 0.1) is 5.41 Å². The summed E-state index contributed by atoms with van der Waals surface area (Å²) in [6.45, 7) is 1.27. The van der Waals surface area contributed by atoms with Crippen LogP contribution in [0.15, 0.2) is 23.1 Å². The molecule has 21 heavy (non-hydrogen) atoms. The van der Waals surface area contributed by atoms with E-state index in [1.807, 2.05) is 0 Å². The zero-order valence-corrected chi connectivity index (χ0v) is 12.4. The fourth-order valence-electron chi connectivity index (χ4n) is 2.81. The minimum Gasteiger partial charge on any atom is -0.383 e. The van der Waals surface area contributed by atoms with E-state index in [0.29, 0.717) is 25.4 Å². The lowest BCUT2D eigenvalue weighted by Gasteiger charge is -2.25. The normalized spacial score (nSPS) is 16.9. The first-order valence-corrected chi connectivity index (χ1v) is 7.32. The first-order chi connectivity index (χ1) is 10.1. The molecule has 6 heteroatoms. The van der Waals surface area contributed by atoms with Gasteiger partial charge >= 0.3 is 0 Å². The summed E-state index contributed by atoms with van der Waals surface area (Å²) in [5.41, 5.74) is 5.87. The van der Waals surface area contributed by atoms with Crippen molar-refractivity contribution in [2.45, 2.75) is 32.2 Å². The highest BCUT2D eigenvalue weighted by atomic mass is 16.5. The highest BCUT2D eigenvalue weighted by molar-refractivity contribution is 5.95. The summed E-state index contributed by atoms with van der Waals surface area (Å²) >= 11 is 0. The Kier molecular flexibility index (Phi) is 5.14. The lowest BCUT2D eigenvalue weighted by Crippen LogP contribution is -2.40. The minimum atomic E-state index is -0.451. The molecule has 1 aliphatic rings. The van der Waals surface area contributed by atoms with Gasteiger partial charge in [-0.15, -0.1) is 0 Å². The van der Waals surface area contributed by atoms with Crippen molar-refractivity contribution in [2.24, 2.45) is 11.1 Å². The molecule has 1 aliphatic carbocycles. The average Bonchev–Trinajstić information content (AvgIpc) is 2.98. The number of carbonyl (C=O) groups is 1. The summed E-state index contributed by atoms with van der Waals surface area (Å²) in [7, 11) is 1.59. The number of nitrogens with one attached hydrogen (secondary N) is 1. The molecule has 1 saturated carbocycles. The zero-order valence-electron chi connectivity index (χ0n) is 12.4. The second-order valence-electron chi connectivity index (χ2n) is 5.59. The molecule has 0 bridgehead atoms. The Morgan fingerprint density at radius 1 is 1.43 bits per heavy atom. The zero-order chi connectivity index (χ0) is 15.3. The Balaban J connectivity index is 2.12. The van der Waals surface area contributed by atoms with Crippen LogP contribution in [0.1, 0.15) is 25.7 Å². The number of nitrogens with zero attached hydrogens (tertiary/aromatic N) is 1. The predicted molar refractivity (Wildman–Crippen MR) is 81.2 cm³/mol. The molecule has 2 rings (SSSR count). The van der Waals surface area contributed by atoms with Crippen LogP contribution in [0.4, 0.5) is 5.69 Å². The van der Waals surface area contributed by atoms with E-state index in [2.05, 4.69) is 5.32 Å². The molecule has 0 atom stereocenters. The summed E-state index contributed by atoms with van der Waals surface area (Å²) in [5.74, 6) is -0.0422. The van der Waals surface area contributed by atoms with E-state index in [-0.39, 0.29) is 11.5 Å². The first kappa shape index (κ1) is 15.7. The van der Waals surface area contributed by atoms with Crippen molar-refractivity contribution in [3.63, 3.8) is 0 Å². The van der Waals surface area contributed by atoms with Gasteiger partial charge in [-0.2, -0.15) is 0 Å². The first-order valence-electron chi connectivity index (χ1n) is 7.32. The smallest absolute Gasteiger partial charge is 0.250 e. The van der Waals surface area contributed by atoms with Crippen molar-refractivity contribution in [2.75, 3.05) is 25.6 Å². The molecule has 0 aromatic carbocycles. The van der Waals surface area contributed by atoms with E-state index >= 15 is 0 Å². The van der Waals surface area contributed by atoms with E-state index in [4.69, 9.17) is 10.5 Å². The highest BCUT2D eigenvalue weighted by Crippen LogP contribution is 2.38. The number of nitrogens with two attached hydrogens (primary N) is 1. The van der Waals surface area contributed by atoms with Gasteiger partial charge in [-0.05, 0) is 18.9 Å². The van der Waals surface area contributed by atoms with E-state index in [0.717, 1.165) is 25.7 Å². The molecule has 116 valence electrons. The Morgan fingerprint density at radius 2 is 2.14 bits per heavy atom. The largest absolute Gasteiger partial charge is 0.383 e. The lowest BCUT2D eigenvalue weighted by molar-refractivity contribution is -0.124. The van der Waals surface area contributed by atoms with Gasteiger partial charge in [0.2, 0.25) is 5.91 Å². The van der Waals surface area contributed by atoms with Gasteiger partial charge in [-0.1, -0.05) is 12.8 Å². The second kappa shape index (κ2) is 6.87. The van der Waals surface area contributed by atoms with Gasteiger partial charge in [0, 0.05) is 32.5 Å². The second-order valence-corrected chi connectivity index (χ2v) is 5.59. The van der Waals surface area contributed by atoms with E-state index in [1.54, 1.807) is 19.4 Å². The maximum absolute atomic E-state index is 12.5. The van der Waals surface area contributed by atoms with Crippen LogP contribution in [0.5, 0.6) is 0 Å². The third kappa shape index (κ3) is 3.51. The highest BCUT2D eigenvalue weighted by Gasteiger charge is 2.39. The van der Waals surface area contributed by atoms with Crippen molar-refractivity contribution in [3.05, 3.63) is 28.7 Å². The molecule has 1 aromatic heterocycles. The fraction of sp³-hybridized carbons (Fsp3) is 0.600. The number of rotatable bonds is 6. The van der Waals surface area contributed by atoms with Crippen LogP contribution in [-0.2, 0) is 16.1 Å². The van der Waals surface area contributed by atoms with Gasteiger partial charge in [0.25, 0.3) is 5.56 Å². The Bertz CT molecular complexity index is 547. The van der Waals surface area contributed by atoms with Crippen molar-refractivity contribution in [1.29, 1.82) is 0 Å². The molecule has 0 saturated heterocycles. The minimum absolute atomic E-state index is 0.0422. The molecule has 6 nitrogen and oxygen atoms in total. The number of hydrogen-bond acceptors (Lipinski definition) is 4. The van der Waals surface area contributed by atoms with Gasteiger partial charge in [-0.25, -0.2) is 0 Å². The number of hydrogen-bond donors (Lipinski definition) is 2. The molecule has 1 aromatic rings. The van der Waals surface area contributed by atoms with Gasteiger partial charge in [-0.3, -0.25) is 9.59 Å². The number of methoxy groups -OCH3 is 1. The van der Waals surface area contributed by atoms with E-state index < -0.39 is 5.41 Å². The average molecular weight is 293 g/mol. The number of carbonyl (C=O) groups excluding carboxylic acids is 1. The van der Waals surface area contributed by atoms with Gasteiger partial charge in [0.15, 0.2) is 0 Å². The molecular weight excluding hydrogens is 270 g/mol. The third-order valence-electron chi connectivity index (χ3n) is 4.21. The maximum atomic E-state index is 12.5. The molecule has 3 N–H and O–H groups in total. The summed E-state index contributed by atoms with van der Waals surface area (Å²) in [4.78, 5) is 24.2. The Morgan fingerprint density at radius 3 is 2.76 bits per heavy atom. The van der Waals surface area contributed by atoms with Crippen molar-refractivity contribution < 1.29 is 9.53 Å². The number of ether oxygens (including phenoxy) is 1. The summed E-state index contributed by atoms with van der Waals surface area (Å²) in [6.07, 6.45) is 5.39. The number of pyridine rings is 1. The molecule has 1 fully saturated rings. The molecule has 0 unspecified atom stereocenters. The van der Waals surface area contributed by atoms with E-state index in [1.165, 1.54) is 10.6 Å². The Labute approximate surface area is 124 Å². The van der Waals surface area contributed by atoms with Crippen LogP contribution < -0.4 is 16.6 Å². The topological polar surface area (TPSA) is 86.3 Å². The van der Waals surface area contributed by atoms with Gasteiger partial charge in [0.1, 0.15) is 0 Å². The van der Waals surface area contributed by atoms with Crippen LogP contribution in [0.3, 0.4) is 0 Å². The van der Waals surface area contributed by atoms with Crippen molar-refractivity contribution in [3.8, 4) is 0 Å². The standard InChI is InChI=1S/C15H23N3O3/c1-21-9-8-18-10-12(4-5-13(18)19)17-14(20)15(11-16)6-2-3-7-15/h4-5,10H,2-3,6-9,11,16H2,1H3,(H,17,20). The van der Waals surface area contributed by atoms with Crippen LogP contribution in [0.25, 0.3) is 0 Å². The van der Waals surface area contributed by atoms with Gasteiger partial charge in [0.05, 0.1) is 17.7 Å². The monoisotopic (exact) mass is 293 g/mol. The Hall–Kier alpha value is -1.66. The number of aromatic nitrogens is 1. The van der Waals surface area contributed by atoms with Gasteiger partial charge < -0.3 is 20.4 Å². The predicted octanol–water partition coefficient (Wildman–Crippen LogP) is 0.952. The lowest BCUT2D eigenvalue weighted by atomic mass is 9.85. The van der Waals surface area contributed by atoms with Crippen molar-refractivity contribution >= 4 is 11.6 Å². The molecule has 1 amide bonds. The molecule has 0 radical (unpaired) electrons. The van der Waals surface area contributed by atoms with Crippen LogP contribution in [0.2, 0.25) is 0 Å². The van der Waals surface area contributed by atoms with Crippen molar-refractivity contribution in [1.82, 2.24) is 4.57 Å². The summed E-state index contributed by atoms with van der Waals surface area (Å²) < 4.78 is 6.50. The van der Waals surface area contributed by atoms with Crippen LogP contribution in [-0.4, -0.2) is 30.7 Å². The molecule has 0 spiro atoms. The molecule has 1 heterocycles. The summed E-state index contributed by atoms with van der Waals surface area (Å²) in [5, 5.41) is 2.90. The number of amides is 1. The SMILES string of the molecule is COCCn1cc(NC(=O)C2(CN)CCCC2)ccc1=O. The fourth-order valence-corrected chi connectivity index (χ4v) is 2.81. The maximum Gasteiger partial charge on any atom is 0.250 e. The summed E-state index contributed by atoms with van der Waals surface area (Å²) in [6, 6.07) is 3.08. The number of anilines is 1. The molecule has 0 aliphatic heterocycles. The van der Waals surface area contributed by atoms with E-state index in [9.17, 15) is 9.59 Å². The molecular formula is C15H23N3O3. The third-order valence-corrected chi connectivity index (χ3v) is 4.21. The van der Waals surface area contributed by atoms with Crippen LogP contribution >= 0.6 is 0 Å².